The van der Waals surface area contributed by atoms with Gasteiger partial charge in [-0.2, -0.15) is 0 Å². The molecule has 0 aromatic carbocycles. The Kier molecular flexibility index (Phi) is 1.10. The van der Waals surface area contributed by atoms with Crippen LogP contribution < -0.4 is 0 Å². The summed E-state index contributed by atoms with van der Waals surface area (Å²) in [7, 11) is 0. The Bertz CT molecular complexity index is 110. The van der Waals surface area contributed by atoms with E-state index in [1.165, 1.54) is 12.8 Å². The van der Waals surface area contributed by atoms with Gasteiger partial charge in [-0.05, 0) is 24.7 Å². The van der Waals surface area contributed by atoms with Gasteiger partial charge in [0.15, 0.2) is 0 Å². The second kappa shape index (κ2) is 1.72. The van der Waals surface area contributed by atoms with Crippen molar-refractivity contribution in [2.24, 2.45) is 11.8 Å². The van der Waals surface area contributed by atoms with Gasteiger partial charge in [0.1, 0.15) is 0 Å². The maximum Gasteiger partial charge on any atom is 0.0844 e. The summed E-state index contributed by atoms with van der Waals surface area (Å²) in [6, 6.07) is 0. The van der Waals surface area contributed by atoms with Crippen molar-refractivity contribution in [2.75, 3.05) is 0 Å². The molecule has 0 amide bonds. The molecule has 2 unspecified atom stereocenters. The van der Waals surface area contributed by atoms with Gasteiger partial charge in [-0.3, -0.25) is 0 Å². The number of hydrogen-bond acceptors (Lipinski definition) is 1. The summed E-state index contributed by atoms with van der Waals surface area (Å²) >= 11 is 0. The monoisotopic (exact) mass is 126 g/mol. The number of hydrogen-bond donors (Lipinski definition) is 0. The molecule has 0 spiro atoms. The summed E-state index contributed by atoms with van der Waals surface area (Å²) in [4.78, 5) is 0. The van der Waals surface area contributed by atoms with E-state index in [0.29, 0.717) is 12.2 Å². The van der Waals surface area contributed by atoms with E-state index in [4.69, 9.17) is 4.74 Å². The van der Waals surface area contributed by atoms with E-state index in [2.05, 4.69) is 13.8 Å². The fourth-order valence-corrected chi connectivity index (χ4v) is 1.83. The van der Waals surface area contributed by atoms with Crippen molar-refractivity contribution in [3.05, 3.63) is 0 Å². The van der Waals surface area contributed by atoms with E-state index in [1.54, 1.807) is 0 Å². The molecule has 2 atom stereocenters. The van der Waals surface area contributed by atoms with Gasteiger partial charge >= 0.3 is 0 Å². The molecule has 1 saturated heterocycles. The molecule has 2 aliphatic rings. The van der Waals surface area contributed by atoms with Crippen LogP contribution in [-0.2, 0) is 4.74 Å². The molecule has 1 aliphatic carbocycles. The average molecular weight is 126 g/mol. The number of fused-ring (bicyclic) bond motifs is 1. The third-order valence-electron chi connectivity index (χ3n) is 2.70. The highest BCUT2D eigenvalue weighted by atomic mass is 16.6. The van der Waals surface area contributed by atoms with Gasteiger partial charge in [0.25, 0.3) is 0 Å². The van der Waals surface area contributed by atoms with Crippen molar-refractivity contribution < 1.29 is 4.74 Å². The predicted molar refractivity (Wildman–Crippen MR) is 36.2 cm³/mol. The summed E-state index contributed by atoms with van der Waals surface area (Å²) in [5.41, 5.74) is 0. The zero-order chi connectivity index (χ0) is 6.43. The van der Waals surface area contributed by atoms with Gasteiger partial charge < -0.3 is 4.74 Å². The molecular weight excluding hydrogens is 112 g/mol. The molecule has 1 aliphatic heterocycles. The van der Waals surface area contributed by atoms with Crippen molar-refractivity contribution in [1.82, 2.24) is 0 Å². The summed E-state index contributed by atoms with van der Waals surface area (Å²) in [5, 5.41) is 0. The molecule has 0 bridgehead atoms. The number of epoxide rings is 1. The predicted octanol–water partition coefficient (Wildman–Crippen LogP) is 1.82. The Morgan fingerprint density at radius 1 is 1.22 bits per heavy atom. The summed E-state index contributed by atoms with van der Waals surface area (Å²) in [6.45, 7) is 4.63. The molecule has 0 aromatic rings. The van der Waals surface area contributed by atoms with Crippen LogP contribution in [-0.4, -0.2) is 12.2 Å². The Labute approximate surface area is 56.4 Å². The van der Waals surface area contributed by atoms with Gasteiger partial charge in [-0.1, -0.05) is 13.8 Å². The van der Waals surface area contributed by atoms with E-state index in [0.717, 1.165) is 11.8 Å². The van der Waals surface area contributed by atoms with Crippen LogP contribution in [0.25, 0.3) is 0 Å². The summed E-state index contributed by atoms with van der Waals surface area (Å²) in [5.74, 6) is 1.84. The Morgan fingerprint density at radius 2 is 1.78 bits per heavy atom. The van der Waals surface area contributed by atoms with Gasteiger partial charge in [-0.25, -0.2) is 0 Å². The second-order valence-electron chi connectivity index (χ2n) is 3.69. The molecule has 52 valence electrons. The lowest BCUT2D eigenvalue weighted by atomic mass is 9.94. The van der Waals surface area contributed by atoms with E-state index < -0.39 is 0 Å². The van der Waals surface area contributed by atoms with Crippen LogP contribution in [0.1, 0.15) is 26.7 Å². The molecule has 0 aromatic heterocycles. The quantitative estimate of drug-likeness (QED) is 0.488. The molecule has 1 heterocycles. The normalized spacial score (nSPS) is 47.7. The minimum atomic E-state index is 0.678. The van der Waals surface area contributed by atoms with Crippen LogP contribution >= 0.6 is 0 Å². The molecule has 1 nitrogen and oxygen atoms in total. The highest BCUT2D eigenvalue weighted by Crippen LogP contribution is 2.44. The molecule has 0 N–H and O–H groups in total. The minimum Gasteiger partial charge on any atom is -0.370 e. The maximum absolute atomic E-state index is 5.33. The lowest BCUT2D eigenvalue weighted by molar-refractivity contribution is 0.236. The smallest absolute Gasteiger partial charge is 0.0844 e. The van der Waals surface area contributed by atoms with Crippen LogP contribution in [0.15, 0.2) is 0 Å². The zero-order valence-electron chi connectivity index (χ0n) is 6.13. The molecule has 1 saturated carbocycles. The Morgan fingerprint density at radius 3 is 2.11 bits per heavy atom. The standard InChI is InChI=1S/C8H14O/c1-5(2)6-3-7-8(4-6)9-7/h5-8H,3-4H2,1-2H3. The summed E-state index contributed by atoms with van der Waals surface area (Å²) < 4.78 is 5.33. The zero-order valence-corrected chi connectivity index (χ0v) is 6.13. The summed E-state index contributed by atoms with van der Waals surface area (Å²) in [6.07, 6.45) is 4.03. The molecule has 1 heteroatoms. The fourth-order valence-electron chi connectivity index (χ4n) is 1.83. The highest BCUT2D eigenvalue weighted by Gasteiger charge is 2.48. The van der Waals surface area contributed by atoms with Crippen LogP contribution in [0.5, 0.6) is 0 Å². The lowest BCUT2D eigenvalue weighted by Gasteiger charge is -2.14. The van der Waals surface area contributed by atoms with Gasteiger partial charge in [0, 0.05) is 0 Å². The third-order valence-corrected chi connectivity index (χ3v) is 2.70. The average Bonchev–Trinajstić information content (AvgIpc) is 2.40. The first-order chi connectivity index (χ1) is 4.27. The van der Waals surface area contributed by atoms with Crippen LogP contribution in [0.2, 0.25) is 0 Å². The van der Waals surface area contributed by atoms with Crippen LogP contribution in [0.3, 0.4) is 0 Å². The van der Waals surface area contributed by atoms with Gasteiger partial charge in [-0.15, -0.1) is 0 Å². The molecule has 2 rings (SSSR count). The fraction of sp³-hybridized carbons (Fsp3) is 1.00. The van der Waals surface area contributed by atoms with Crippen molar-refractivity contribution in [3.8, 4) is 0 Å². The highest BCUT2D eigenvalue weighted by molar-refractivity contribution is 4.96. The number of rotatable bonds is 1. The minimum absolute atomic E-state index is 0.678. The lowest BCUT2D eigenvalue weighted by Crippen LogP contribution is -2.06. The van der Waals surface area contributed by atoms with E-state index >= 15 is 0 Å². The van der Waals surface area contributed by atoms with Gasteiger partial charge in [0.2, 0.25) is 0 Å². The molecule has 9 heavy (non-hydrogen) atoms. The van der Waals surface area contributed by atoms with Crippen molar-refractivity contribution in [1.29, 1.82) is 0 Å². The van der Waals surface area contributed by atoms with Gasteiger partial charge in [0.05, 0.1) is 12.2 Å². The first kappa shape index (κ1) is 5.72. The van der Waals surface area contributed by atoms with Crippen LogP contribution in [0.4, 0.5) is 0 Å². The second-order valence-corrected chi connectivity index (χ2v) is 3.69. The first-order valence-corrected chi connectivity index (χ1v) is 3.93. The maximum atomic E-state index is 5.33. The van der Waals surface area contributed by atoms with Crippen molar-refractivity contribution in [2.45, 2.75) is 38.9 Å². The van der Waals surface area contributed by atoms with Crippen molar-refractivity contribution >= 4 is 0 Å². The Hall–Kier alpha value is -0.0400. The van der Waals surface area contributed by atoms with E-state index in [9.17, 15) is 0 Å². The molecule has 0 radical (unpaired) electrons. The van der Waals surface area contributed by atoms with E-state index in [-0.39, 0.29) is 0 Å². The molecular formula is C8H14O. The van der Waals surface area contributed by atoms with Crippen LogP contribution in [0, 0.1) is 11.8 Å². The third kappa shape index (κ3) is 0.877. The Balaban J connectivity index is 1.90. The molecule has 2 fully saturated rings. The largest absolute Gasteiger partial charge is 0.370 e. The topological polar surface area (TPSA) is 12.5 Å². The van der Waals surface area contributed by atoms with E-state index in [1.807, 2.05) is 0 Å². The van der Waals surface area contributed by atoms with Crippen molar-refractivity contribution in [3.63, 3.8) is 0 Å². The SMILES string of the molecule is CC(C)C1CC2OC2C1. The first-order valence-electron chi connectivity index (χ1n) is 3.93. The number of ether oxygens (including phenoxy) is 1.